The summed E-state index contributed by atoms with van der Waals surface area (Å²) in [6, 6.07) is 6.62. The average molecular weight is 203 g/mol. The first-order valence-electron chi connectivity index (χ1n) is 5.41. The number of nitrogens with one attached hydrogen (secondary N) is 1. The maximum Gasteiger partial charge on any atom is 0.0373 e. The number of hydrogen-bond acceptors (Lipinski definition) is 1. The van der Waals surface area contributed by atoms with E-state index in [1.165, 1.54) is 16.8 Å². The molecule has 0 heterocycles. The summed E-state index contributed by atoms with van der Waals surface area (Å²) in [6.45, 7) is 10.5. The normalized spacial score (nSPS) is 11.2. The van der Waals surface area contributed by atoms with E-state index in [4.69, 9.17) is 0 Å². The summed E-state index contributed by atoms with van der Waals surface area (Å²) in [7, 11) is 1.96. The lowest BCUT2D eigenvalue weighted by Gasteiger charge is -2.21. The van der Waals surface area contributed by atoms with E-state index in [2.05, 4.69) is 50.9 Å². The molecule has 82 valence electrons. The molecule has 0 radical (unpaired) electrons. The van der Waals surface area contributed by atoms with Crippen LogP contribution in [0.2, 0.25) is 0 Å². The Morgan fingerprint density at radius 1 is 1.33 bits per heavy atom. The van der Waals surface area contributed by atoms with E-state index < -0.39 is 0 Å². The Balaban J connectivity index is 3.15. The number of hydrogen-bond donors (Lipinski definition) is 1. The second kappa shape index (κ2) is 4.52. The van der Waals surface area contributed by atoms with Crippen molar-refractivity contribution in [1.29, 1.82) is 0 Å². The van der Waals surface area contributed by atoms with E-state index in [0.717, 1.165) is 6.42 Å². The van der Waals surface area contributed by atoms with Crippen LogP contribution in [0.1, 0.15) is 31.9 Å². The summed E-state index contributed by atoms with van der Waals surface area (Å²) in [4.78, 5) is 0. The Hall–Kier alpha value is -1.24. The summed E-state index contributed by atoms with van der Waals surface area (Å²) in [6.07, 6.45) is 2.86. The maximum absolute atomic E-state index is 3.80. The first kappa shape index (κ1) is 11.8. The highest BCUT2D eigenvalue weighted by Crippen LogP contribution is 2.26. The minimum absolute atomic E-state index is 0.211. The Morgan fingerprint density at radius 2 is 2.00 bits per heavy atom. The molecule has 1 aromatic carbocycles. The Labute approximate surface area is 93.2 Å². The molecule has 0 aliphatic carbocycles. The standard InChI is InChI=1S/C14H21N/c1-6-7-11-10-12(14(2,3)4)8-9-13(11)15-5/h6,8-10,15H,1,7H2,2-5H3. The summed E-state index contributed by atoms with van der Waals surface area (Å²) in [5.41, 5.74) is 4.10. The van der Waals surface area contributed by atoms with Gasteiger partial charge in [-0.3, -0.25) is 0 Å². The fourth-order valence-electron chi connectivity index (χ4n) is 1.63. The van der Waals surface area contributed by atoms with Crippen molar-refractivity contribution < 1.29 is 0 Å². The van der Waals surface area contributed by atoms with Crippen molar-refractivity contribution in [3.05, 3.63) is 42.0 Å². The van der Waals surface area contributed by atoms with Crippen molar-refractivity contribution in [2.75, 3.05) is 12.4 Å². The van der Waals surface area contributed by atoms with Gasteiger partial charge < -0.3 is 5.32 Å². The molecule has 0 atom stereocenters. The molecule has 1 N–H and O–H groups in total. The van der Waals surface area contributed by atoms with Crippen LogP contribution in [-0.4, -0.2) is 7.05 Å². The largest absolute Gasteiger partial charge is 0.388 e. The second-order valence-corrected chi connectivity index (χ2v) is 4.86. The van der Waals surface area contributed by atoms with Crippen molar-refractivity contribution in [3.8, 4) is 0 Å². The highest BCUT2D eigenvalue weighted by molar-refractivity contribution is 5.53. The molecule has 15 heavy (non-hydrogen) atoms. The van der Waals surface area contributed by atoms with Crippen molar-refractivity contribution in [1.82, 2.24) is 0 Å². The zero-order chi connectivity index (χ0) is 11.5. The van der Waals surface area contributed by atoms with Gasteiger partial charge in [-0.15, -0.1) is 6.58 Å². The number of benzene rings is 1. The Kier molecular flexibility index (Phi) is 3.57. The average Bonchev–Trinajstić information content (AvgIpc) is 2.17. The Bertz CT molecular complexity index is 345. The van der Waals surface area contributed by atoms with Gasteiger partial charge in [0.2, 0.25) is 0 Å². The minimum atomic E-state index is 0.211. The molecule has 1 nitrogen and oxygen atoms in total. The van der Waals surface area contributed by atoms with Crippen molar-refractivity contribution in [2.45, 2.75) is 32.6 Å². The maximum atomic E-state index is 3.80. The van der Waals surface area contributed by atoms with Crippen LogP contribution in [0, 0.1) is 0 Å². The van der Waals surface area contributed by atoms with Gasteiger partial charge in [0.05, 0.1) is 0 Å². The third kappa shape index (κ3) is 2.85. The molecule has 1 rings (SSSR count). The first-order valence-corrected chi connectivity index (χ1v) is 5.41. The number of anilines is 1. The van der Waals surface area contributed by atoms with Crippen molar-refractivity contribution >= 4 is 5.69 Å². The lowest BCUT2D eigenvalue weighted by atomic mass is 9.85. The third-order valence-corrected chi connectivity index (χ3v) is 2.60. The van der Waals surface area contributed by atoms with E-state index in [1.807, 2.05) is 13.1 Å². The van der Waals surface area contributed by atoms with Crippen LogP contribution < -0.4 is 5.32 Å². The topological polar surface area (TPSA) is 12.0 Å². The van der Waals surface area contributed by atoms with E-state index in [1.54, 1.807) is 0 Å². The van der Waals surface area contributed by atoms with Crippen molar-refractivity contribution in [3.63, 3.8) is 0 Å². The van der Waals surface area contributed by atoms with Crippen LogP contribution in [0.15, 0.2) is 30.9 Å². The molecule has 0 aromatic heterocycles. The molecule has 0 saturated heterocycles. The van der Waals surface area contributed by atoms with Gasteiger partial charge in [0.15, 0.2) is 0 Å². The summed E-state index contributed by atoms with van der Waals surface area (Å²) in [5.74, 6) is 0. The molecule has 0 aliphatic heterocycles. The zero-order valence-electron chi connectivity index (χ0n) is 10.2. The summed E-state index contributed by atoms with van der Waals surface area (Å²) < 4.78 is 0. The minimum Gasteiger partial charge on any atom is -0.388 e. The molecule has 0 fully saturated rings. The predicted molar refractivity (Wildman–Crippen MR) is 68.6 cm³/mol. The lowest BCUT2D eigenvalue weighted by molar-refractivity contribution is 0.589. The van der Waals surface area contributed by atoms with Crippen LogP contribution in [0.25, 0.3) is 0 Å². The third-order valence-electron chi connectivity index (χ3n) is 2.60. The highest BCUT2D eigenvalue weighted by Gasteiger charge is 2.14. The SMILES string of the molecule is C=CCc1cc(C(C)(C)C)ccc1NC. The molecule has 0 spiro atoms. The van der Waals surface area contributed by atoms with E-state index >= 15 is 0 Å². The van der Waals surface area contributed by atoms with Crippen molar-refractivity contribution in [2.24, 2.45) is 0 Å². The van der Waals surface area contributed by atoms with Gasteiger partial charge in [0.25, 0.3) is 0 Å². The Morgan fingerprint density at radius 3 is 2.47 bits per heavy atom. The number of allylic oxidation sites excluding steroid dienone is 1. The van der Waals surface area contributed by atoms with Gasteiger partial charge in [0.1, 0.15) is 0 Å². The smallest absolute Gasteiger partial charge is 0.0373 e. The molecule has 0 saturated carbocycles. The monoisotopic (exact) mass is 203 g/mol. The molecule has 0 aliphatic rings. The van der Waals surface area contributed by atoms with Crippen LogP contribution in [-0.2, 0) is 11.8 Å². The number of rotatable bonds is 3. The molecule has 0 bridgehead atoms. The second-order valence-electron chi connectivity index (χ2n) is 4.86. The van der Waals surface area contributed by atoms with Gasteiger partial charge in [-0.1, -0.05) is 39.0 Å². The van der Waals surface area contributed by atoms with Crippen LogP contribution >= 0.6 is 0 Å². The summed E-state index contributed by atoms with van der Waals surface area (Å²) >= 11 is 0. The van der Waals surface area contributed by atoms with Gasteiger partial charge in [-0.25, -0.2) is 0 Å². The fourth-order valence-corrected chi connectivity index (χ4v) is 1.63. The van der Waals surface area contributed by atoms with E-state index in [-0.39, 0.29) is 5.41 Å². The van der Waals surface area contributed by atoms with Gasteiger partial charge in [-0.2, -0.15) is 0 Å². The highest BCUT2D eigenvalue weighted by atomic mass is 14.8. The van der Waals surface area contributed by atoms with Gasteiger partial charge in [0, 0.05) is 12.7 Å². The predicted octanol–water partition coefficient (Wildman–Crippen LogP) is 3.75. The van der Waals surface area contributed by atoms with Crippen LogP contribution in [0.4, 0.5) is 5.69 Å². The van der Waals surface area contributed by atoms with Gasteiger partial charge in [-0.05, 0) is 29.0 Å². The van der Waals surface area contributed by atoms with Crippen LogP contribution in [0.5, 0.6) is 0 Å². The van der Waals surface area contributed by atoms with E-state index in [0.29, 0.717) is 0 Å². The quantitative estimate of drug-likeness (QED) is 0.738. The first-order chi connectivity index (χ1) is 6.99. The zero-order valence-corrected chi connectivity index (χ0v) is 10.2. The molecular formula is C14H21N. The molecule has 0 unspecified atom stereocenters. The molecule has 1 aromatic rings. The summed E-state index contributed by atoms with van der Waals surface area (Å²) in [5, 5.41) is 3.21. The van der Waals surface area contributed by atoms with Gasteiger partial charge >= 0.3 is 0 Å². The molecular weight excluding hydrogens is 182 g/mol. The molecule has 1 heteroatoms. The lowest BCUT2D eigenvalue weighted by Crippen LogP contribution is -2.11. The molecule has 0 amide bonds. The van der Waals surface area contributed by atoms with E-state index in [9.17, 15) is 0 Å². The fraction of sp³-hybridized carbons (Fsp3) is 0.429. The van der Waals surface area contributed by atoms with Crippen LogP contribution in [0.3, 0.4) is 0 Å².